The van der Waals surface area contributed by atoms with Crippen LogP contribution in [0.25, 0.3) is 11.4 Å². The molecule has 0 atom stereocenters. The van der Waals surface area contributed by atoms with E-state index in [2.05, 4.69) is 20.4 Å². The molecule has 5 heterocycles. The highest BCUT2D eigenvalue weighted by molar-refractivity contribution is 6.33. The molecule has 2 amide bonds. The third-order valence-electron chi connectivity index (χ3n) is 8.25. The molecule has 266 valence electrons. The number of nitrogens with one attached hydrogen (secondary N) is 2. The van der Waals surface area contributed by atoms with Gasteiger partial charge >= 0.3 is 12.4 Å². The van der Waals surface area contributed by atoms with Crippen LogP contribution in [-0.4, -0.2) is 85.2 Å². The summed E-state index contributed by atoms with van der Waals surface area (Å²) in [5.41, 5.74) is -1.48. The molecule has 3 aromatic heterocycles. The maximum Gasteiger partial charge on any atom is 0.432 e. The topological polar surface area (TPSA) is 143 Å². The van der Waals surface area contributed by atoms with Crippen LogP contribution in [0.4, 0.5) is 37.7 Å². The zero-order valence-corrected chi connectivity index (χ0v) is 26.9. The van der Waals surface area contributed by atoms with Crippen LogP contribution in [0.5, 0.6) is 0 Å². The van der Waals surface area contributed by atoms with Crippen molar-refractivity contribution in [1.82, 2.24) is 34.0 Å². The Hall–Kier alpha value is -4.91. The SMILES string of the molecule is CCc1c(N2CCN(C(=O)c3ncc(C(F)(F)F)[nH]3)CC2)c(=O)n2nc(C3=CCOCC3)nc2n1CC(=O)Nc1ccc(C(F)(F)F)cc1Cl. The number of piperazine rings is 1. The van der Waals surface area contributed by atoms with Gasteiger partial charge in [-0.05, 0) is 36.6 Å². The summed E-state index contributed by atoms with van der Waals surface area (Å²) >= 11 is 6.07. The lowest BCUT2D eigenvalue weighted by Gasteiger charge is -2.36. The number of nitrogens with zero attached hydrogens (tertiary/aromatic N) is 7. The van der Waals surface area contributed by atoms with Gasteiger partial charge in [0, 0.05) is 26.2 Å². The largest absolute Gasteiger partial charge is 0.432 e. The minimum atomic E-state index is -4.71. The van der Waals surface area contributed by atoms with E-state index in [-0.39, 0.29) is 60.6 Å². The van der Waals surface area contributed by atoms with Crippen molar-refractivity contribution < 1.29 is 40.7 Å². The van der Waals surface area contributed by atoms with Crippen molar-refractivity contribution in [3.63, 3.8) is 0 Å². The van der Waals surface area contributed by atoms with Crippen molar-refractivity contribution in [3.8, 4) is 0 Å². The first-order valence-corrected chi connectivity index (χ1v) is 15.7. The second-order valence-corrected chi connectivity index (χ2v) is 11.8. The number of imidazole rings is 1. The van der Waals surface area contributed by atoms with E-state index in [1.54, 1.807) is 17.9 Å². The molecule has 0 radical (unpaired) electrons. The predicted octanol–water partition coefficient (Wildman–Crippen LogP) is 4.27. The number of benzene rings is 1. The Morgan fingerprint density at radius 1 is 1.08 bits per heavy atom. The first kappa shape index (κ1) is 34.9. The quantitative estimate of drug-likeness (QED) is 0.269. The Kier molecular flexibility index (Phi) is 9.38. The maximum absolute atomic E-state index is 14.1. The Balaban J connectivity index is 1.32. The van der Waals surface area contributed by atoms with Gasteiger partial charge in [-0.15, -0.1) is 5.10 Å². The second-order valence-electron chi connectivity index (χ2n) is 11.4. The maximum atomic E-state index is 14.1. The number of ether oxygens (including phenoxy) is 1. The van der Waals surface area contributed by atoms with E-state index in [9.17, 15) is 40.7 Å². The molecule has 0 aliphatic carbocycles. The number of rotatable bonds is 7. The fourth-order valence-electron chi connectivity index (χ4n) is 5.78. The van der Waals surface area contributed by atoms with E-state index in [1.807, 2.05) is 4.98 Å². The number of halogens is 7. The van der Waals surface area contributed by atoms with Crippen molar-refractivity contribution in [2.45, 2.75) is 38.7 Å². The van der Waals surface area contributed by atoms with E-state index >= 15 is 0 Å². The summed E-state index contributed by atoms with van der Waals surface area (Å²) in [7, 11) is 0. The molecular weight excluding hydrogens is 700 g/mol. The van der Waals surface area contributed by atoms with Gasteiger partial charge in [0.05, 0.1) is 41.4 Å². The zero-order valence-electron chi connectivity index (χ0n) is 26.2. The molecule has 2 aliphatic rings. The summed E-state index contributed by atoms with van der Waals surface area (Å²) in [6, 6.07) is 2.52. The number of alkyl halides is 6. The number of carbonyl (C=O) groups excluding carboxylic acids is 2. The summed E-state index contributed by atoms with van der Waals surface area (Å²) in [5.74, 6) is -1.61. The van der Waals surface area contributed by atoms with Gasteiger partial charge in [-0.3, -0.25) is 14.4 Å². The number of anilines is 2. The summed E-state index contributed by atoms with van der Waals surface area (Å²) in [6.45, 7) is 2.31. The molecule has 2 aliphatic heterocycles. The number of carbonyl (C=O) groups is 2. The molecule has 1 aromatic carbocycles. The van der Waals surface area contributed by atoms with Gasteiger partial charge in [0.25, 0.3) is 11.5 Å². The van der Waals surface area contributed by atoms with E-state index in [4.69, 9.17) is 16.3 Å². The lowest BCUT2D eigenvalue weighted by Crippen LogP contribution is -2.51. The molecule has 4 aromatic rings. The zero-order chi connectivity index (χ0) is 36.0. The fourth-order valence-corrected chi connectivity index (χ4v) is 6.01. The van der Waals surface area contributed by atoms with Crippen LogP contribution in [0.1, 0.15) is 46.7 Å². The van der Waals surface area contributed by atoms with Gasteiger partial charge in [-0.25, -0.2) is 4.98 Å². The van der Waals surface area contributed by atoms with Gasteiger partial charge in [0.15, 0.2) is 11.6 Å². The van der Waals surface area contributed by atoms with Gasteiger partial charge in [-0.2, -0.15) is 35.8 Å². The molecule has 0 spiro atoms. The predicted molar refractivity (Wildman–Crippen MR) is 167 cm³/mol. The number of hydrogen-bond acceptors (Lipinski definition) is 8. The first-order valence-electron chi connectivity index (χ1n) is 15.3. The fraction of sp³-hybridized carbons (Fsp3) is 0.400. The number of amides is 2. The van der Waals surface area contributed by atoms with Crippen LogP contribution in [0, 0.1) is 0 Å². The molecule has 13 nitrogen and oxygen atoms in total. The van der Waals surface area contributed by atoms with Crippen LogP contribution in [-0.2, 0) is 34.8 Å². The normalized spacial score (nSPS) is 15.8. The average molecular weight is 728 g/mol. The lowest BCUT2D eigenvalue weighted by atomic mass is 10.1. The van der Waals surface area contributed by atoms with Crippen molar-refractivity contribution >= 4 is 46.1 Å². The van der Waals surface area contributed by atoms with Gasteiger partial charge in [0.2, 0.25) is 11.7 Å². The summed E-state index contributed by atoms with van der Waals surface area (Å²) in [6.07, 6.45) is -6.33. The molecule has 0 bridgehead atoms. The third kappa shape index (κ3) is 6.91. The average Bonchev–Trinajstić information content (AvgIpc) is 3.76. The highest BCUT2D eigenvalue weighted by Gasteiger charge is 2.35. The minimum Gasteiger partial charge on any atom is -0.377 e. The number of H-pyrrole nitrogens is 1. The van der Waals surface area contributed by atoms with E-state index in [0.29, 0.717) is 37.6 Å². The smallest absolute Gasteiger partial charge is 0.377 e. The lowest BCUT2D eigenvalue weighted by molar-refractivity contribution is -0.141. The van der Waals surface area contributed by atoms with Crippen LogP contribution in [0.15, 0.2) is 35.3 Å². The molecular formula is C30H28ClF6N9O4. The van der Waals surface area contributed by atoms with Crippen LogP contribution < -0.4 is 15.8 Å². The van der Waals surface area contributed by atoms with Crippen molar-refractivity contribution in [1.29, 1.82) is 0 Å². The molecule has 1 saturated heterocycles. The summed E-state index contributed by atoms with van der Waals surface area (Å²) in [4.78, 5) is 53.6. The highest BCUT2D eigenvalue weighted by atomic mass is 35.5. The minimum absolute atomic E-state index is 0.0317. The summed E-state index contributed by atoms with van der Waals surface area (Å²) < 4.78 is 86.5. The Bertz CT molecular complexity index is 2040. The van der Waals surface area contributed by atoms with Gasteiger partial charge < -0.3 is 29.4 Å². The van der Waals surface area contributed by atoms with Crippen LogP contribution >= 0.6 is 11.6 Å². The first-order chi connectivity index (χ1) is 23.7. The number of aromatic nitrogens is 6. The van der Waals surface area contributed by atoms with E-state index < -0.39 is 53.4 Å². The van der Waals surface area contributed by atoms with Crippen LogP contribution in [0.2, 0.25) is 5.02 Å². The van der Waals surface area contributed by atoms with E-state index in [0.717, 1.165) is 22.2 Å². The monoisotopic (exact) mass is 727 g/mol. The molecule has 6 rings (SSSR count). The number of aromatic amines is 1. The standard InChI is InChI=1S/C30H28ClF6N9O4/c1-2-20-23(43-7-9-44(10-8-43)27(49)25-38-14-21(40-25)30(35,36)37)26(48)46-28(41-24(42-46)16-5-11-50-12-6-16)45(20)15-22(47)39-19-4-3-17(13-18(19)31)29(32,33)34/h3-5,13-14H,2,6-12,15H2,1H3,(H,38,40)(H,39,47). The van der Waals surface area contributed by atoms with Crippen molar-refractivity contribution in [2.24, 2.45) is 0 Å². The second kappa shape index (κ2) is 13.4. The Morgan fingerprint density at radius 3 is 2.42 bits per heavy atom. The Labute approximate surface area is 283 Å². The molecule has 2 N–H and O–H groups in total. The highest BCUT2D eigenvalue weighted by Crippen LogP contribution is 2.34. The molecule has 0 saturated carbocycles. The van der Waals surface area contributed by atoms with Gasteiger partial charge in [-0.1, -0.05) is 24.6 Å². The van der Waals surface area contributed by atoms with Crippen molar-refractivity contribution in [3.05, 3.63) is 74.4 Å². The van der Waals surface area contributed by atoms with Crippen molar-refractivity contribution in [2.75, 3.05) is 49.6 Å². The van der Waals surface area contributed by atoms with Crippen LogP contribution in [0.3, 0.4) is 0 Å². The van der Waals surface area contributed by atoms with E-state index in [1.165, 1.54) is 9.47 Å². The third-order valence-corrected chi connectivity index (χ3v) is 8.56. The molecule has 0 unspecified atom stereocenters. The molecule has 50 heavy (non-hydrogen) atoms. The molecule has 20 heteroatoms. The molecule has 1 fully saturated rings. The summed E-state index contributed by atoms with van der Waals surface area (Å²) in [5, 5.41) is 6.66. The Morgan fingerprint density at radius 2 is 1.82 bits per heavy atom. The van der Waals surface area contributed by atoms with Gasteiger partial charge in [0.1, 0.15) is 17.9 Å². The number of hydrogen-bond donors (Lipinski definition) is 2. The number of fused-ring (bicyclic) bond motifs is 1.